The molecule has 0 saturated heterocycles. The van der Waals surface area contributed by atoms with E-state index in [1.54, 1.807) is 12.1 Å². The highest BCUT2D eigenvalue weighted by molar-refractivity contribution is 14.1. The zero-order valence-electron chi connectivity index (χ0n) is 11.3. The standard InChI is InChI=1S/C15H14BrIN2O2/c1-18-15(13-9-11(17)4-7-14(13)16)8-10-2-5-12(6-3-10)19(20)21/h2-7,9,15,18H,8H2,1H3. The first-order chi connectivity index (χ1) is 10.0. The number of benzene rings is 2. The van der Waals surface area contributed by atoms with E-state index in [4.69, 9.17) is 0 Å². The molecular weight excluding hydrogens is 447 g/mol. The minimum Gasteiger partial charge on any atom is -0.313 e. The summed E-state index contributed by atoms with van der Waals surface area (Å²) in [7, 11) is 1.92. The van der Waals surface area contributed by atoms with Crippen LogP contribution < -0.4 is 5.32 Å². The molecule has 1 unspecified atom stereocenters. The fourth-order valence-corrected chi connectivity index (χ4v) is 3.18. The van der Waals surface area contributed by atoms with E-state index in [0.717, 1.165) is 16.5 Å². The molecule has 0 fully saturated rings. The van der Waals surface area contributed by atoms with Crippen LogP contribution in [-0.2, 0) is 6.42 Å². The van der Waals surface area contributed by atoms with E-state index in [0.29, 0.717) is 0 Å². The van der Waals surface area contributed by atoms with Crippen LogP contribution in [0.2, 0.25) is 0 Å². The van der Waals surface area contributed by atoms with Gasteiger partial charge in [-0.15, -0.1) is 0 Å². The molecule has 0 aliphatic carbocycles. The summed E-state index contributed by atoms with van der Waals surface area (Å²) < 4.78 is 2.24. The Morgan fingerprint density at radius 1 is 1.29 bits per heavy atom. The summed E-state index contributed by atoms with van der Waals surface area (Å²) in [6.45, 7) is 0. The van der Waals surface area contributed by atoms with Crippen LogP contribution in [0.25, 0.3) is 0 Å². The van der Waals surface area contributed by atoms with Crippen molar-refractivity contribution >= 4 is 44.2 Å². The molecule has 6 heteroatoms. The van der Waals surface area contributed by atoms with Gasteiger partial charge in [-0.3, -0.25) is 10.1 Å². The predicted molar refractivity (Wildman–Crippen MR) is 95.5 cm³/mol. The fraction of sp³-hybridized carbons (Fsp3) is 0.200. The van der Waals surface area contributed by atoms with Crippen LogP contribution in [0.15, 0.2) is 46.9 Å². The fourth-order valence-electron chi connectivity index (χ4n) is 2.14. The average molecular weight is 461 g/mol. The Morgan fingerprint density at radius 2 is 1.95 bits per heavy atom. The third-order valence-electron chi connectivity index (χ3n) is 3.27. The molecule has 4 nitrogen and oxygen atoms in total. The molecule has 0 amide bonds. The monoisotopic (exact) mass is 460 g/mol. The molecule has 0 spiro atoms. The van der Waals surface area contributed by atoms with Gasteiger partial charge in [-0.1, -0.05) is 28.1 Å². The Hall–Kier alpha value is -0.990. The Morgan fingerprint density at radius 3 is 2.52 bits per heavy atom. The van der Waals surface area contributed by atoms with Crippen LogP contribution in [0, 0.1) is 13.7 Å². The Kier molecular flexibility index (Phi) is 5.72. The second kappa shape index (κ2) is 7.33. The highest BCUT2D eigenvalue weighted by atomic mass is 127. The number of likely N-dealkylation sites (N-methyl/N-ethyl adjacent to an activating group) is 1. The molecule has 0 aliphatic heterocycles. The number of hydrogen-bond acceptors (Lipinski definition) is 3. The van der Waals surface area contributed by atoms with Gasteiger partial charge in [0.2, 0.25) is 0 Å². The number of nitrogens with zero attached hydrogens (tertiary/aromatic N) is 1. The van der Waals surface area contributed by atoms with Crippen molar-refractivity contribution in [2.75, 3.05) is 7.05 Å². The quantitative estimate of drug-likeness (QED) is 0.407. The van der Waals surface area contributed by atoms with Gasteiger partial charge >= 0.3 is 0 Å². The molecular formula is C15H14BrIN2O2. The minimum atomic E-state index is -0.379. The van der Waals surface area contributed by atoms with Gasteiger partial charge in [0.25, 0.3) is 5.69 Å². The summed E-state index contributed by atoms with van der Waals surface area (Å²) in [6, 6.07) is 13.1. The van der Waals surface area contributed by atoms with Crippen LogP contribution in [-0.4, -0.2) is 12.0 Å². The van der Waals surface area contributed by atoms with Crippen LogP contribution >= 0.6 is 38.5 Å². The van der Waals surface area contributed by atoms with Gasteiger partial charge in [0.1, 0.15) is 0 Å². The number of nitrogens with one attached hydrogen (secondary N) is 1. The zero-order chi connectivity index (χ0) is 15.4. The smallest absolute Gasteiger partial charge is 0.269 e. The molecule has 0 heterocycles. The predicted octanol–water partition coefficient (Wildman–Crippen LogP) is 4.47. The Labute approximate surface area is 145 Å². The van der Waals surface area contributed by atoms with E-state index in [1.165, 1.54) is 9.13 Å². The second-order valence-corrected chi connectivity index (χ2v) is 6.73. The first-order valence-electron chi connectivity index (χ1n) is 6.37. The van der Waals surface area contributed by atoms with Gasteiger partial charge in [-0.2, -0.15) is 0 Å². The van der Waals surface area contributed by atoms with Crippen molar-refractivity contribution in [2.45, 2.75) is 12.5 Å². The molecule has 2 aromatic rings. The van der Waals surface area contributed by atoms with E-state index in [2.05, 4.69) is 49.9 Å². The average Bonchev–Trinajstić information content (AvgIpc) is 2.48. The van der Waals surface area contributed by atoms with Gasteiger partial charge in [0.15, 0.2) is 0 Å². The first-order valence-corrected chi connectivity index (χ1v) is 8.24. The molecule has 0 radical (unpaired) electrons. The summed E-state index contributed by atoms with van der Waals surface area (Å²) in [4.78, 5) is 10.3. The summed E-state index contributed by atoms with van der Waals surface area (Å²) in [5, 5.41) is 14.0. The maximum absolute atomic E-state index is 10.7. The summed E-state index contributed by atoms with van der Waals surface area (Å²) in [5.74, 6) is 0. The van der Waals surface area contributed by atoms with Crippen LogP contribution in [0.1, 0.15) is 17.2 Å². The summed E-state index contributed by atoms with van der Waals surface area (Å²) in [5.41, 5.74) is 2.36. The molecule has 2 rings (SSSR count). The second-order valence-electron chi connectivity index (χ2n) is 4.63. The van der Waals surface area contributed by atoms with Gasteiger partial charge in [0.05, 0.1) is 4.92 Å². The lowest BCUT2D eigenvalue weighted by atomic mass is 9.99. The van der Waals surface area contributed by atoms with Crippen LogP contribution in [0.5, 0.6) is 0 Å². The van der Waals surface area contributed by atoms with Crippen molar-refractivity contribution in [1.29, 1.82) is 0 Å². The van der Waals surface area contributed by atoms with Crippen LogP contribution in [0.3, 0.4) is 0 Å². The Bertz CT molecular complexity index is 647. The van der Waals surface area contributed by atoms with E-state index in [1.807, 2.05) is 31.3 Å². The highest BCUT2D eigenvalue weighted by Gasteiger charge is 2.14. The van der Waals surface area contributed by atoms with Crippen molar-refractivity contribution in [3.05, 3.63) is 71.7 Å². The molecule has 1 N–H and O–H groups in total. The molecule has 21 heavy (non-hydrogen) atoms. The first kappa shape index (κ1) is 16.4. The maximum atomic E-state index is 10.7. The molecule has 1 atom stereocenters. The van der Waals surface area contributed by atoms with Crippen molar-refractivity contribution in [2.24, 2.45) is 0 Å². The Balaban J connectivity index is 2.22. The van der Waals surface area contributed by atoms with Gasteiger partial charge in [-0.25, -0.2) is 0 Å². The van der Waals surface area contributed by atoms with E-state index >= 15 is 0 Å². The van der Waals surface area contributed by atoms with Crippen LogP contribution in [0.4, 0.5) is 5.69 Å². The number of rotatable bonds is 5. The summed E-state index contributed by atoms with van der Waals surface area (Å²) in [6.07, 6.45) is 0.771. The number of nitro benzene ring substituents is 1. The van der Waals surface area contributed by atoms with E-state index in [-0.39, 0.29) is 16.7 Å². The number of non-ortho nitro benzene ring substituents is 1. The number of hydrogen-bond donors (Lipinski definition) is 1. The van der Waals surface area contributed by atoms with E-state index < -0.39 is 0 Å². The SMILES string of the molecule is CNC(Cc1ccc([N+](=O)[O-])cc1)c1cc(I)ccc1Br. The summed E-state index contributed by atoms with van der Waals surface area (Å²) >= 11 is 5.87. The minimum absolute atomic E-state index is 0.121. The van der Waals surface area contributed by atoms with Crippen molar-refractivity contribution < 1.29 is 4.92 Å². The number of halogens is 2. The maximum Gasteiger partial charge on any atom is 0.269 e. The van der Waals surface area contributed by atoms with Crippen molar-refractivity contribution in [1.82, 2.24) is 5.32 Å². The van der Waals surface area contributed by atoms with E-state index in [9.17, 15) is 10.1 Å². The molecule has 0 aromatic heterocycles. The molecule has 110 valence electrons. The third-order valence-corrected chi connectivity index (χ3v) is 4.66. The molecule has 2 aromatic carbocycles. The third kappa shape index (κ3) is 4.24. The normalized spacial score (nSPS) is 12.1. The van der Waals surface area contributed by atoms with Crippen molar-refractivity contribution in [3.8, 4) is 0 Å². The van der Waals surface area contributed by atoms with Gasteiger partial charge in [0, 0.05) is 26.2 Å². The molecule has 0 saturated carbocycles. The van der Waals surface area contributed by atoms with Gasteiger partial charge < -0.3 is 5.32 Å². The largest absolute Gasteiger partial charge is 0.313 e. The topological polar surface area (TPSA) is 55.2 Å². The molecule has 0 bridgehead atoms. The van der Waals surface area contributed by atoms with Crippen molar-refractivity contribution in [3.63, 3.8) is 0 Å². The lowest BCUT2D eigenvalue weighted by molar-refractivity contribution is -0.384. The highest BCUT2D eigenvalue weighted by Crippen LogP contribution is 2.28. The lowest BCUT2D eigenvalue weighted by Crippen LogP contribution is -2.19. The number of nitro groups is 1. The molecule has 0 aliphatic rings. The lowest BCUT2D eigenvalue weighted by Gasteiger charge is -2.18. The zero-order valence-corrected chi connectivity index (χ0v) is 15.1. The van der Waals surface area contributed by atoms with Gasteiger partial charge in [-0.05, 0) is 65.4 Å².